The van der Waals surface area contributed by atoms with E-state index in [1.807, 2.05) is 0 Å². The van der Waals surface area contributed by atoms with E-state index in [-0.39, 0.29) is 5.91 Å². The molecule has 0 radical (unpaired) electrons. The second-order valence-electron chi connectivity index (χ2n) is 2.21. The van der Waals surface area contributed by atoms with Gasteiger partial charge in [0.1, 0.15) is 0 Å². The molecule has 13 heavy (non-hydrogen) atoms. The first-order valence-corrected chi connectivity index (χ1v) is 4.48. The van der Waals surface area contributed by atoms with Crippen molar-refractivity contribution >= 4 is 17.6 Å². The molecule has 0 aliphatic heterocycles. The number of amides is 1. The standard InChI is InChI=1S/C7H10N4OS/c8-3-1-2-4-9-7(12)6-5-10-13-11-6/h1-2,5H,3-4,8H2,(H,9,12)/b2-1+. The van der Waals surface area contributed by atoms with Crippen LogP contribution >= 0.6 is 11.7 Å². The Bertz CT molecular complexity index is 283. The molecule has 5 nitrogen and oxygen atoms in total. The fraction of sp³-hybridized carbons (Fsp3) is 0.286. The molecule has 0 bridgehead atoms. The van der Waals surface area contributed by atoms with Crippen LogP contribution in [0, 0.1) is 0 Å². The average molecular weight is 198 g/mol. The first-order valence-electron chi connectivity index (χ1n) is 3.75. The van der Waals surface area contributed by atoms with Gasteiger partial charge in [-0.3, -0.25) is 4.79 Å². The lowest BCUT2D eigenvalue weighted by Gasteiger charge is -1.96. The van der Waals surface area contributed by atoms with Gasteiger partial charge in [-0.15, -0.1) is 0 Å². The molecule has 1 amide bonds. The molecule has 1 heterocycles. The van der Waals surface area contributed by atoms with Crippen molar-refractivity contribution in [2.24, 2.45) is 5.73 Å². The first kappa shape index (κ1) is 9.82. The third-order valence-electron chi connectivity index (χ3n) is 1.28. The maximum Gasteiger partial charge on any atom is 0.272 e. The molecule has 70 valence electrons. The number of hydrogen-bond donors (Lipinski definition) is 2. The Balaban J connectivity index is 2.31. The van der Waals surface area contributed by atoms with Gasteiger partial charge in [-0.05, 0) is 0 Å². The van der Waals surface area contributed by atoms with Gasteiger partial charge in [-0.25, -0.2) is 0 Å². The van der Waals surface area contributed by atoms with E-state index in [1.54, 1.807) is 12.2 Å². The zero-order valence-electron chi connectivity index (χ0n) is 6.93. The van der Waals surface area contributed by atoms with Crippen LogP contribution in [0.2, 0.25) is 0 Å². The predicted octanol–water partition coefficient (Wildman–Crippen LogP) is -0.217. The SMILES string of the molecule is NC/C=C/CNC(=O)c1cnsn1. The highest BCUT2D eigenvalue weighted by Crippen LogP contribution is 1.93. The van der Waals surface area contributed by atoms with Gasteiger partial charge in [0.15, 0.2) is 5.69 Å². The summed E-state index contributed by atoms with van der Waals surface area (Å²) in [6.45, 7) is 0.946. The second kappa shape index (κ2) is 5.39. The molecule has 1 rings (SSSR count). The quantitative estimate of drug-likeness (QED) is 0.655. The van der Waals surface area contributed by atoms with Crippen LogP contribution in [-0.2, 0) is 0 Å². The molecular weight excluding hydrogens is 188 g/mol. The van der Waals surface area contributed by atoms with E-state index in [1.165, 1.54) is 6.20 Å². The molecule has 0 saturated heterocycles. The number of nitrogens with zero attached hydrogens (tertiary/aromatic N) is 2. The largest absolute Gasteiger partial charge is 0.347 e. The summed E-state index contributed by atoms with van der Waals surface area (Å²) in [6.07, 6.45) is 5.00. The van der Waals surface area contributed by atoms with Gasteiger partial charge >= 0.3 is 0 Å². The average Bonchev–Trinajstić information content (AvgIpc) is 2.65. The van der Waals surface area contributed by atoms with E-state index in [0.29, 0.717) is 18.8 Å². The Labute approximate surface area is 80.0 Å². The van der Waals surface area contributed by atoms with Crippen LogP contribution in [0.3, 0.4) is 0 Å². The summed E-state index contributed by atoms with van der Waals surface area (Å²) >= 11 is 1.01. The maximum absolute atomic E-state index is 11.2. The zero-order valence-corrected chi connectivity index (χ0v) is 7.75. The van der Waals surface area contributed by atoms with E-state index >= 15 is 0 Å². The van der Waals surface area contributed by atoms with Crippen molar-refractivity contribution in [3.05, 3.63) is 24.0 Å². The molecule has 0 aliphatic carbocycles. The molecule has 0 aliphatic rings. The van der Waals surface area contributed by atoms with Crippen molar-refractivity contribution in [1.82, 2.24) is 14.1 Å². The van der Waals surface area contributed by atoms with Crippen molar-refractivity contribution in [2.45, 2.75) is 0 Å². The monoisotopic (exact) mass is 198 g/mol. The number of aromatic nitrogens is 2. The summed E-state index contributed by atoms with van der Waals surface area (Å²) in [5, 5.41) is 2.64. The van der Waals surface area contributed by atoms with Gasteiger partial charge in [0.25, 0.3) is 5.91 Å². The van der Waals surface area contributed by atoms with Crippen molar-refractivity contribution in [2.75, 3.05) is 13.1 Å². The van der Waals surface area contributed by atoms with Crippen molar-refractivity contribution in [1.29, 1.82) is 0 Å². The molecule has 0 atom stereocenters. The number of nitrogens with two attached hydrogens (primary N) is 1. The molecule has 1 aromatic rings. The van der Waals surface area contributed by atoms with Gasteiger partial charge in [0.05, 0.1) is 17.9 Å². The Hall–Kier alpha value is -1.27. The maximum atomic E-state index is 11.2. The van der Waals surface area contributed by atoms with Crippen molar-refractivity contribution in [3.8, 4) is 0 Å². The molecule has 0 fully saturated rings. The minimum absolute atomic E-state index is 0.213. The van der Waals surface area contributed by atoms with E-state index in [2.05, 4.69) is 14.1 Å². The topological polar surface area (TPSA) is 80.9 Å². The highest BCUT2D eigenvalue weighted by Gasteiger charge is 2.05. The minimum Gasteiger partial charge on any atom is -0.347 e. The summed E-state index contributed by atoms with van der Waals surface area (Å²) < 4.78 is 7.50. The fourth-order valence-corrected chi connectivity index (χ4v) is 1.10. The van der Waals surface area contributed by atoms with Crippen molar-refractivity contribution < 1.29 is 4.79 Å². The predicted molar refractivity (Wildman–Crippen MR) is 50.4 cm³/mol. The lowest BCUT2D eigenvalue weighted by molar-refractivity contribution is 0.0954. The highest BCUT2D eigenvalue weighted by atomic mass is 32.1. The zero-order chi connectivity index (χ0) is 9.52. The number of carbonyl (C=O) groups is 1. The molecule has 0 aromatic carbocycles. The highest BCUT2D eigenvalue weighted by molar-refractivity contribution is 6.99. The summed E-state index contributed by atoms with van der Waals surface area (Å²) in [5.41, 5.74) is 5.57. The smallest absolute Gasteiger partial charge is 0.272 e. The van der Waals surface area contributed by atoms with Gasteiger partial charge in [0.2, 0.25) is 0 Å². The third-order valence-corrected chi connectivity index (χ3v) is 1.76. The fourth-order valence-electron chi connectivity index (χ4n) is 0.686. The minimum atomic E-state index is -0.213. The first-order chi connectivity index (χ1) is 6.34. The lowest BCUT2D eigenvalue weighted by Crippen LogP contribution is -2.23. The molecule has 6 heteroatoms. The molecule has 1 aromatic heterocycles. The van der Waals surface area contributed by atoms with Gasteiger partial charge in [0, 0.05) is 13.1 Å². The lowest BCUT2D eigenvalue weighted by atomic mass is 10.4. The molecule has 0 saturated carbocycles. The summed E-state index contributed by atoms with van der Waals surface area (Å²) in [7, 11) is 0. The molecule has 0 spiro atoms. The Morgan fingerprint density at radius 1 is 1.69 bits per heavy atom. The van der Waals surface area contributed by atoms with Gasteiger partial charge in [-0.2, -0.15) is 8.75 Å². The van der Waals surface area contributed by atoms with Crippen LogP contribution in [0.25, 0.3) is 0 Å². The molecule has 3 N–H and O–H groups in total. The van der Waals surface area contributed by atoms with Gasteiger partial charge in [-0.1, -0.05) is 12.2 Å². The third kappa shape index (κ3) is 3.30. The Morgan fingerprint density at radius 2 is 2.54 bits per heavy atom. The van der Waals surface area contributed by atoms with Crippen LogP contribution in [0.5, 0.6) is 0 Å². The molecular formula is C7H10N4OS. The molecule has 0 unspecified atom stereocenters. The van der Waals surface area contributed by atoms with Gasteiger partial charge < -0.3 is 11.1 Å². The Morgan fingerprint density at radius 3 is 3.15 bits per heavy atom. The van der Waals surface area contributed by atoms with Crippen molar-refractivity contribution in [3.63, 3.8) is 0 Å². The Kier molecular flexibility index (Phi) is 4.07. The van der Waals surface area contributed by atoms with E-state index < -0.39 is 0 Å². The van der Waals surface area contributed by atoms with Crippen LogP contribution < -0.4 is 11.1 Å². The van der Waals surface area contributed by atoms with Crippen LogP contribution in [0.1, 0.15) is 10.5 Å². The number of nitrogens with one attached hydrogen (secondary N) is 1. The number of carbonyl (C=O) groups excluding carboxylic acids is 1. The summed E-state index contributed by atoms with van der Waals surface area (Å²) in [6, 6.07) is 0. The van der Waals surface area contributed by atoms with Crippen LogP contribution in [0.4, 0.5) is 0 Å². The second-order valence-corrected chi connectivity index (χ2v) is 2.77. The van der Waals surface area contributed by atoms with E-state index in [9.17, 15) is 4.79 Å². The number of hydrogen-bond acceptors (Lipinski definition) is 5. The van der Waals surface area contributed by atoms with E-state index in [0.717, 1.165) is 11.7 Å². The van der Waals surface area contributed by atoms with Crippen LogP contribution in [0.15, 0.2) is 18.3 Å². The van der Waals surface area contributed by atoms with E-state index in [4.69, 9.17) is 5.73 Å². The summed E-state index contributed by atoms with van der Waals surface area (Å²) in [5.74, 6) is -0.213. The number of rotatable bonds is 4. The van der Waals surface area contributed by atoms with Crippen LogP contribution in [-0.4, -0.2) is 27.7 Å². The summed E-state index contributed by atoms with van der Waals surface area (Å²) in [4.78, 5) is 11.2. The normalized spacial score (nSPS) is 10.5.